The zero-order valence-corrected chi connectivity index (χ0v) is 12.2. The summed E-state index contributed by atoms with van der Waals surface area (Å²) >= 11 is 0. The number of halogens is 2. The van der Waals surface area contributed by atoms with Gasteiger partial charge in [0.2, 0.25) is 0 Å². The topological polar surface area (TPSA) is 55.2 Å². The number of nitro benzene ring substituents is 1. The van der Waals surface area contributed by atoms with Gasteiger partial charge < -0.3 is 5.32 Å². The number of nitrogens with zero attached hydrogens (tertiary/aromatic N) is 1. The van der Waals surface area contributed by atoms with E-state index in [9.17, 15) is 18.9 Å². The van der Waals surface area contributed by atoms with Gasteiger partial charge in [-0.15, -0.1) is 0 Å². The molecule has 0 saturated heterocycles. The summed E-state index contributed by atoms with van der Waals surface area (Å²) < 4.78 is 27.4. The van der Waals surface area contributed by atoms with E-state index in [4.69, 9.17) is 0 Å². The molecule has 0 bridgehead atoms. The number of anilines is 1. The zero-order chi connectivity index (χ0) is 15.6. The Labute approximate surface area is 122 Å². The van der Waals surface area contributed by atoms with E-state index in [1.54, 1.807) is 0 Å². The first-order valence-electron chi connectivity index (χ1n) is 7.30. The maximum atomic E-state index is 14.0. The average molecular weight is 298 g/mol. The Balaban J connectivity index is 2.33. The molecule has 4 nitrogen and oxygen atoms in total. The second-order valence-electron chi connectivity index (χ2n) is 5.96. The van der Waals surface area contributed by atoms with E-state index in [2.05, 4.69) is 19.2 Å². The lowest BCUT2D eigenvalue weighted by Crippen LogP contribution is -2.35. The highest BCUT2D eigenvalue weighted by Gasteiger charge is 2.31. The quantitative estimate of drug-likeness (QED) is 0.657. The summed E-state index contributed by atoms with van der Waals surface area (Å²) in [6, 6.07) is 1.74. The Hall–Kier alpha value is -1.72. The molecule has 0 amide bonds. The third-order valence-electron chi connectivity index (χ3n) is 4.27. The first-order valence-corrected chi connectivity index (χ1v) is 7.30. The molecule has 1 aliphatic carbocycles. The van der Waals surface area contributed by atoms with E-state index in [-0.39, 0.29) is 11.7 Å². The van der Waals surface area contributed by atoms with Gasteiger partial charge in [0.1, 0.15) is 0 Å². The predicted molar refractivity (Wildman–Crippen MR) is 77.2 cm³/mol. The Morgan fingerprint density at radius 2 is 1.95 bits per heavy atom. The molecule has 1 fully saturated rings. The van der Waals surface area contributed by atoms with E-state index >= 15 is 0 Å². The van der Waals surface area contributed by atoms with Gasteiger partial charge in [0.15, 0.2) is 17.3 Å². The minimum atomic E-state index is -1.17. The molecule has 0 spiro atoms. The van der Waals surface area contributed by atoms with Crippen molar-refractivity contribution in [3.05, 3.63) is 33.9 Å². The summed E-state index contributed by atoms with van der Waals surface area (Å²) in [6.45, 7) is 4.17. The van der Waals surface area contributed by atoms with E-state index in [0.29, 0.717) is 11.8 Å². The van der Waals surface area contributed by atoms with Gasteiger partial charge >= 0.3 is 0 Å². The maximum absolute atomic E-state index is 14.0. The van der Waals surface area contributed by atoms with Crippen LogP contribution in [0.4, 0.5) is 20.2 Å². The second kappa shape index (κ2) is 6.37. The lowest BCUT2D eigenvalue weighted by Gasteiger charge is -2.35. The van der Waals surface area contributed by atoms with Gasteiger partial charge in [-0.05, 0) is 30.7 Å². The first-order chi connectivity index (χ1) is 9.91. The third kappa shape index (κ3) is 3.31. The Kier molecular flexibility index (Phi) is 4.75. The van der Waals surface area contributed by atoms with E-state index in [0.717, 1.165) is 37.8 Å². The normalized spacial score (nSPS) is 22.3. The van der Waals surface area contributed by atoms with Gasteiger partial charge in [0, 0.05) is 12.1 Å². The van der Waals surface area contributed by atoms with Crippen molar-refractivity contribution in [1.29, 1.82) is 0 Å². The van der Waals surface area contributed by atoms with E-state index in [1.165, 1.54) is 0 Å². The smallest absolute Gasteiger partial charge is 0.295 e. The zero-order valence-electron chi connectivity index (χ0n) is 12.2. The van der Waals surface area contributed by atoms with Gasteiger partial charge in [-0.1, -0.05) is 26.7 Å². The molecule has 6 heteroatoms. The molecule has 1 aliphatic rings. The number of rotatable bonds is 4. The van der Waals surface area contributed by atoms with Crippen molar-refractivity contribution in [1.82, 2.24) is 0 Å². The Morgan fingerprint density at radius 1 is 1.29 bits per heavy atom. The first kappa shape index (κ1) is 15.7. The van der Waals surface area contributed by atoms with E-state index in [1.807, 2.05) is 0 Å². The van der Waals surface area contributed by atoms with Crippen LogP contribution in [0, 0.1) is 33.6 Å². The molecule has 2 unspecified atom stereocenters. The summed E-state index contributed by atoms with van der Waals surface area (Å²) in [7, 11) is 0. The van der Waals surface area contributed by atoms with Crippen LogP contribution in [0.2, 0.25) is 0 Å². The highest BCUT2D eigenvalue weighted by Crippen LogP contribution is 2.36. The van der Waals surface area contributed by atoms with Crippen LogP contribution >= 0.6 is 0 Å². The minimum absolute atomic E-state index is 0.0613. The van der Waals surface area contributed by atoms with Crippen LogP contribution in [-0.2, 0) is 0 Å². The molecule has 21 heavy (non-hydrogen) atoms. The molecule has 116 valence electrons. The molecular formula is C15H20F2N2O2. The summed E-state index contributed by atoms with van der Waals surface area (Å²) in [5, 5.41) is 13.9. The van der Waals surface area contributed by atoms with Crippen LogP contribution in [-0.4, -0.2) is 11.0 Å². The molecule has 0 radical (unpaired) electrons. The van der Waals surface area contributed by atoms with Crippen molar-refractivity contribution in [2.45, 2.75) is 45.6 Å². The molecule has 0 aliphatic heterocycles. The van der Waals surface area contributed by atoms with Gasteiger partial charge in [-0.3, -0.25) is 10.1 Å². The molecule has 1 saturated carbocycles. The van der Waals surface area contributed by atoms with Crippen LogP contribution < -0.4 is 5.32 Å². The number of nitro groups is 1. The molecule has 1 aromatic rings. The fraction of sp³-hybridized carbons (Fsp3) is 0.600. The monoisotopic (exact) mass is 298 g/mol. The molecule has 2 rings (SSSR count). The summed E-state index contributed by atoms with van der Waals surface area (Å²) in [4.78, 5) is 10.3. The van der Waals surface area contributed by atoms with Gasteiger partial charge in [-0.2, -0.15) is 0 Å². The van der Waals surface area contributed by atoms with Crippen molar-refractivity contribution >= 4 is 11.4 Å². The number of benzene rings is 1. The average Bonchev–Trinajstić information content (AvgIpc) is 2.44. The van der Waals surface area contributed by atoms with Gasteiger partial charge in [-0.25, -0.2) is 8.78 Å². The van der Waals surface area contributed by atoms with Crippen LogP contribution in [0.1, 0.15) is 39.5 Å². The second-order valence-corrected chi connectivity index (χ2v) is 5.96. The van der Waals surface area contributed by atoms with Gasteiger partial charge in [0.05, 0.1) is 4.92 Å². The van der Waals surface area contributed by atoms with Crippen LogP contribution in [0.25, 0.3) is 0 Å². The Morgan fingerprint density at radius 3 is 2.57 bits per heavy atom. The number of hydrogen-bond acceptors (Lipinski definition) is 3. The van der Waals surface area contributed by atoms with Crippen molar-refractivity contribution in [3.63, 3.8) is 0 Å². The fourth-order valence-corrected chi connectivity index (χ4v) is 3.15. The van der Waals surface area contributed by atoms with Crippen molar-refractivity contribution in [2.24, 2.45) is 11.8 Å². The number of nitrogens with one attached hydrogen (secondary N) is 1. The van der Waals surface area contributed by atoms with Crippen LogP contribution in [0.15, 0.2) is 12.1 Å². The molecule has 0 aromatic heterocycles. The highest BCUT2D eigenvalue weighted by atomic mass is 19.2. The molecular weight excluding hydrogens is 278 g/mol. The Bertz CT molecular complexity index is 535. The lowest BCUT2D eigenvalue weighted by molar-refractivity contribution is -0.384. The van der Waals surface area contributed by atoms with Gasteiger partial charge in [0.25, 0.3) is 5.69 Å². The van der Waals surface area contributed by atoms with E-state index < -0.39 is 22.2 Å². The van der Waals surface area contributed by atoms with Crippen molar-refractivity contribution < 1.29 is 13.7 Å². The van der Waals surface area contributed by atoms with Crippen molar-refractivity contribution in [3.8, 4) is 0 Å². The highest BCUT2D eigenvalue weighted by molar-refractivity contribution is 5.63. The standard InChI is InChI=1S/C15H20F2N2O2/c1-9(2)10-5-3-4-6-12(10)18-15-13(19(20)21)8-7-11(16)14(15)17/h7-10,12,18H,3-6H2,1-2H3. The molecule has 2 atom stereocenters. The summed E-state index contributed by atoms with van der Waals surface area (Å²) in [5.41, 5.74) is -0.737. The molecule has 1 aromatic carbocycles. The summed E-state index contributed by atoms with van der Waals surface area (Å²) in [6.07, 6.45) is 3.91. The largest absolute Gasteiger partial charge is 0.374 e. The third-order valence-corrected chi connectivity index (χ3v) is 4.27. The lowest BCUT2D eigenvalue weighted by atomic mass is 9.77. The van der Waals surface area contributed by atoms with Crippen molar-refractivity contribution in [2.75, 3.05) is 5.32 Å². The molecule has 1 N–H and O–H groups in total. The van der Waals surface area contributed by atoms with Crippen LogP contribution in [0.5, 0.6) is 0 Å². The summed E-state index contributed by atoms with van der Waals surface area (Å²) in [5.74, 6) is -1.54. The molecule has 0 heterocycles. The SMILES string of the molecule is CC(C)C1CCCCC1Nc1c([N+](=O)[O-])ccc(F)c1F. The fourth-order valence-electron chi connectivity index (χ4n) is 3.15. The van der Waals surface area contributed by atoms with Crippen LogP contribution in [0.3, 0.4) is 0 Å². The minimum Gasteiger partial charge on any atom is -0.374 e. The number of hydrogen-bond donors (Lipinski definition) is 1. The predicted octanol–water partition coefficient (Wildman–Crippen LogP) is 4.50. The maximum Gasteiger partial charge on any atom is 0.295 e.